The zero-order chi connectivity index (χ0) is 20.5. The number of carbonyl (C=O) groups is 2. The SMILES string of the molecule is O=C(Nc1ccc2c(c1)CN(C(=O)Cn1nc3ccccc3n1)CC2)C1CCCO1. The molecule has 3 aromatic rings. The lowest BCUT2D eigenvalue weighted by atomic mass is 9.99. The van der Waals surface area contributed by atoms with E-state index >= 15 is 0 Å². The Kier molecular flexibility index (Phi) is 4.92. The molecule has 2 amide bonds. The molecule has 2 aliphatic heterocycles. The third kappa shape index (κ3) is 3.78. The molecule has 30 heavy (non-hydrogen) atoms. The van der Waals surface area contributed by atoms with Crippen molar-refractivity contribution in [3.63, 3.8) is 0 Å². The fraction of sp³-hybridized carbons (Fsp3) is 0.364. The zero-order valence-corrected chi connectivity index (χ0v) is 16.6. The zero-order valence-electron chi connectivity index (χ0n) is 16.6. The van der Waals surface area contributed by atoms with E-state index in [9.17, 15) is 9.59 Å². The highest BCUT2D eigenvalue weighted by Gasteiger charge is 2.25. The molecule has 0 spiro atoms. The Labute approximate surface area is 173 Å². The molecule has 8 nitrogen and oxygen atoms in total. The molecule has 1 aromatic heterocycles. The third-order valence-electron chi connectivity index (χ3n) is 5.67. The van der Waals surface area contributed by atoms with Crippen LogP contribution in [0.3, 0.4) is 0 Å². The number of ether oxygens (including phenoxy) is 1. The Hall–Kier alpha value is -3.26. The van der Waals surface area contributed by atoms with Crippen LogP contribution in [-0.4, -0.2) is 51.0 Å². The topological polar surface area (TPSA) is 89.4 Å². The standard InChI is InChI=1S/C22H23N5O3/c28-21(14-27-24-18-4-1-2-5-19(18)25-27)26-10-9-15-7-8-17(12-16(15)13-26)23-22(29)20-6-3-11-30-20/h1-2,4-5,7-8,12,20H,3,6,9-11,13-14H2,(H,23,29). The summed E-state index contributed by atoms with van der Waals surface area (Å²) in [6.07, 6.45) is 2.10. The van der Waals surface area contributed by atoms with Gasteiger partial charge in [-0.25, -0.2) is 0 Å². The number of anilines is 1. The highest BCUT2D eigenvalue weighted by atomic mass is 16.5. The van der Waals surface area contributed by atoms with Crippen LogP contribution in [-0.2, 0) is 33.8 Å². The van der Waals surface area contributed by atoms with E-state index in [4.69, 9.17) is 4.74 Å². The summed E-state index contributed by atoms with van der Waals surface area (Å²) >= 11 is 0. The molecule has 0 aliphatic carbocycles. The van der Waals surface area contributed by atoms with Crippen molar-refractivity contribution >= 4 is 28.5 Å². The van der Waals surface area contributed by atoms with Gasteiger partial charge in [-0.2, -0.15) is 15.0 Å². The lowest BCUT2D eigenvalue weighted by Crippen LogP contribution is -2.38. The number of carbonyl (C=O) groups excluding carboxylic acids is 2. The Morgan fingerprint density at radius 3 is 2.63 bits per heavy atom. The smallest absolute Gasteiger partial charge is 0.253 e. The van der Waals surface area contributed by atoms with Crippen molar-refractivity contribution in [2.24, 2.45) is 0 Å². The normalized spacial score (nSPS) is 18.4. The summed E-state index contributed by atoms with van der Waals surface area (Å²) in [4.78, 5) is 28.4. The van der Waals surface area contributed by atoms with Crippen LogP contribution in [0.4, 0.5) is 5.69 Å². The minimum atomic E-state index is -0.365. The van der Waals surface area contributed by atoms with Gasteiger partial charge in [-0.15, -0.1) is 0 Å². The molecule has 0 bridgehead atoms. The number of aromatic nitrogens is 3. The lowest BCUT2D eigenvalue weighted by Gasteiger charge is -2.29. The molecule has 1 N–H and O–H groups in total. The molecule has 0 saturated carbocycles. The molecule has 1 atom stereocenters. The first-order chi connectivity index (χ1) is 14.7. The van der Waals surface area contributed by atoms with Crippen molar-refractivity contribution in [1.29, 1.82) is 0 Å². The number of hydrogen-bond donors (Lipinski definition) is 1. The summed E-state index contributed by atoms with van der Waals surface area (Å²) in [6, 6.07) is 13.5. The highest BCUT2D eigenvalue weighted by molar-refractivity contribution is 5.94. The van der Waals surface area contributed by atoms with Crippen LogP contribution >= 0.6 is 0 Å². The maximum Gasteiger partial charge on any atom is 0.253 e. The molecule has 5 rings (SSSR count). The van der Waals surface area contributed by atoms with E-state index in [0.717, 1.165) is 41.5 Å². The summed E-state index contributed by atoms with van der Waals surface area (Å²) in [7, 11) is 0. The molecule has 1 unspecified atom stereocenters. The van der Waals surface area contributed by atoms with Gasteiger partial charge in [0.05, 0.1) is 0 Å². The number of nitrogens with one attached hydrogen (secondary N) is 1. The van der Waals surface area contributed by atoms with Gasteiger partial charge in [0, 0.05) is 25.4 Å². The molecular weight excluding hydrogens is 382 g/mol. The second-order valence-corrected chi connectivity index (χ2v) is 7.76. The summed E-state index contributed by atoms with van der Waals surface area (Å²) in [5, 5.41) is 11.7. The van der Waals surface area contributed by atoms with E-state index < -0.39 is 0 Å². The Balaban J connectivity index is 1.26. The van der Waals surface area contributed by atoms with Gasteiger partial charge < -0.3 is 15.0 Å². The first-order valence-electron chi connectivity index (χ1n) is 10.3. The first kappa shape index (κ1) is 18.7. The average molecular weight is 405 g/mol. The molecule has 154 valence electrons. The van der Waals surface area contributed by atoms with Gasteiger partial charge >= 0.3 is 0 Å². The summed E-state index contributed by atoms with van der Waals surface area (Å²) in [6.45, 7) is 1.92. The van der Waals surface area contributed by atoms with Crippen molar-refractivity contribution in [2.75, 3.05) is 18.5 Å². The second kappa shape index (κ2) is 7.87. The van der Waals surface area contributed by atoms with Gasteiger partial charge in [0.25, 0.3) is 5.91 Å². The maximum absolute atomic E-state index is 12.8. The minimum absolute atomic E-state index is 0.0187. The van der Waals surface area contributed by atoms with E-state index in [1.807, 2.05) is 47.4 Å². The number of amides is 2. The Morgan fingerprint density at radius 2 is 1.90 bits per heavy atom. The van der Waals surface area contributed by atoms with E-state index in [-0.39, 0.29) is 24.5 Å². The van der Waals surface area contributed by atoms with Crippen molar-refractivity contribution in [2.45, 2.75) is 38.5 Å². The third-order valence-corrected chi connectivity index (χ3v) is 5.67. The fourth-order valence-corrected chi connectivity index (χ4v) is 4.05. The molecule has 3 heterocycles. The molecule has 2 aliphatic rings. The summed E-state index contributed by atoms with van der Waals surface area (Å²) in [5.41, 5.74) is 4.56. The molecular formula is C22H23N5O3. The molecule has 1 fully saturated rings. The van der Waals surface area contributed by atoms with Crippen LogP contribution in [0.5, 0.6) is 0 Å². The highest BCUT2D eigenvalue weighted by Crippen LogP contribution is 2.24. The Morgan fingerprint density at radius 1 is 1.10 bits per heavy atom. The average Bonchev–Trinajstić information content (AvgIpc) is 3.43. The lowest BCUT2D eigenvalue weighted by molar-refractivity contribution is -0.133. The number of nitrogens with zero attached hydrogens (tertiary/aromatic N) is 4. The largest absolute Gasteiger partial charge is 0.368 e. The number of benzene rings is 2. The van der Waals surface area contributed by atoms with E-state index in [0.29, 0.717) is 19.7 Å². The van der Waals surface area contributed by atoms with Crippen molar-refractivity contribution in [3.05, 3.63) is 53.6 Å². The van der Waals surface area contributed by atoms with Crippen molar-refractivity contribution in [3.8, 4) is 0 Å². The van der Waals surface area contributed by atoms with Crippen LogP contribution in [0.2, 0.25) is 0 Å². The van der Waals surface area contributed by atoms with Gasteiger partial charge in [0.2, 0.25) is 5.91 Å². The van der Waals surface area contributed by atoms with Crippen LogP contribution in [0, 0.1) is 0 Å². The summed E-state index contributed by atoms with van der Waals surface area (Å²) < 4.78 is 5.45. The van der Waals surface area contributed by atoms with Crippen LogP contribution in [0.1, 0.15) is 24.0 Å². The fourth-order valence-electron chi connectivity index (χ4n) is 4.05. The summed E-state index contributed by atoms with van der Waals surface area (Å²) in [5.74, 6) is -0.122. The quantitative estimate of drug-likeness (QED) is 0.718. The molecule has 8 heteroatoms. The van der Waals surface area contributed by atoms with Gasteiger partial charge in [0.1, 0.15) is 23.7 Å². The van der Waals surface area contributed by atoms with Crippen molar-refractivity contribution in [1.82, 2.24) is 19.9 Å². The molecule has 2 aromatic carbocycles. The predicted octanol–water partition coefficient (Wildman–Crippen LogP) is 2.13. The number of rotatable bonds is 4. The number of hydrogen-bond acceptors (Lipinski definition) is 5. The minimum Gasteiger partial charge on any atom is -0.368 e. The molecule has 1 saturated heterocycles. The van der Waals surface area contributed by atoms with Gasteiger partial charge in [0.15, 0.2) is 0 Å². The maximum atomic E-state index is 12.8. The van der Waals surface area contributed by atoms with Gasteiger partial charge in [-0.05, 0) is 54.7 Å². The van der Waals surface area contributed by atoms with E-state index in [1.54, 1.807) is 0 Å². The van der Waals surface area contributed by atoms with Crippen LogP contribution < -0.4 is 5.32 Å². The van der Waals surface area contributed by atoms with Crippen LogP contribution in [0.25, 0.3) is 11.0 Å². The Bertz CT molecular complexity index is 1070. The first-order valence-corrected chi connectivity index (χ1v) is 10.3. The van der Waals surface area contributed by atoms with Crippen molar-refractivity contribution < 1.29 is 14.3 Å². The van der Waals surface area contributed by atoms with E-state index in [1.165, 1.54) is 10.4 Å². The van der Waals surface area contributed by atoms with Gasteiger partial charge in [-0.3, -0.25) is 9.59 Å². The monoisotopic (exact) mass is 405 g/mol. The predicted molar refractivity (Wildman–Crippen MR) is 111 cm³/mol. The second-order valence-electron chi connectivity index (χ2n) is 7.76. The van der Waals surface area contributed by atoms with Gasteiger partial charge in [-0.1, -0.05) is 18.2 Å². The number of fused-ring (bicyclic) bond motifs is 2. The van der Waals surface area contributed by atoms with Crippen LogP contribution in [0.15, 0.2) is 42.5 Å². The molecule has 0 radical (unpaired) electrons. The van der Waals surface area contributed by atoms with E-state index in [2.05, 4.69) is 15.5 Å².